The van der Waals surface area contributed by atoms with Crippen LogP contribution in [0.1, 0.15) is 16.1 Å². The van der Waals surface area contributed by atoms with Crippen LogP contribution in [0.15, 0.2) is 30.9 Å². The van der Waals surface area contributed by atoms with Crippen molar-refractivity contribution in [2.24, 2.45) is 12.8 Å². The smallest absolute Gasteiger partial charge is 0.271 e. The Kier molecular flexibility index (Phi) is 6.10. The van der Waals surface area contributed by atoms with Gasteiger partial charge < -0.3 is 30.6 Å². The third kappa shape index (κ3) is 4.15. The number of rotatable bonds is 6. The number of nitrogens with one attached hydrogen (secondary N) is 2. The van der Waals surface area contributed by atoms with Crippen LogP contribution >= 0.6 is 0 Å². The van der Waals surface area contributed by atoms with Gasteiger partial charge in [0.2, 0.25) is 0 Å². The molecule has 4 heterocycles. The topological polar surface area (TPSA) is 136 Å². The molecule has 4 N–H and O–H groups in total. The largest absolute Gasteiger partial charge is 0.378 e. The van der Waals surface area contributed by atoms with Crippen LogP contribution < -0.4 is 21.3 Å². The van der Waals surface area contributed by atoms with E-state index >= 15 is 4.39 Å². The number of aryl methyl sites for hydroxylation is 2. The number of fused-ring (bicyclic) bond motifs is 1. The van der Waals surface area contributed by atoms with Crippen molar-refractivity contribution in [3.8, 4) is 11.3 Å². The lowest BCUT2D eigenvalue weighted by atomic mass is 10.1. The molecule has 12 heteroatoms. The number of hydrogen-bond acceptors (Lipinski definition) is 9. The number of halogens is 1. The van der Waals surface area contributed by atoms with E-state index in [4.69, 9.17) is 10.5 Å². The molecule has 0 spiro atoms. The van der Waals surface area contributed by atoms with Gasteiger partial charge in [-0.25, -0.2) is 19.3 Å². The normalized spacial score (nSPS) is 13.7. The summed E-state index contributed by atoms with van der Waals surface area (Å²) in [5.41, 5.74) is 9.72. The zero-order chi connectivity index (χ0) is 25.4. The Hall–Kier alpha value is -4.32. The van der Waals surface area contributed by atoms with Gasteiger partial charge in [-0.3, -0.25) is 9.78 Å². The second-order valence-electron chi connectivity index (χ2n) is 8.49. The van der Waals surface area contributed by atoms with Crippen LogP contribution in [0.5, 0.6) is 0 Å². The van der Waals surface area contributed by atoms with E-state index in [0.29, 0.717) is 48.9 Å². The second-order valence-corrected chi connectivity index (χ2v) is 8.49. The Labute approximate surface area is 206 Å². The third-order valence-corrected chi connectivity index (χ3v) is 6.15. The van der Waals surface area contributed by atoms with E-state index in [1.807, 2.05) is 18.5 Å². The highest BCUT2D eigenvalue weighted by Crippen LogP contribution is 2.34. The van der Waals surface area contributed by atoms with Crippen LogP contribution in [0.3, 0.4) is 0 Å². The average Bonchev–Trinajstić information content (AvgIpc) is 3.27. The summed E-state index contributed by atoms with van der Waals surface area (Å²) in [6.07, 6.45) is 4.96. The Morgan fingerprint density at radius 1 is 1.17 bits per heavy atom. The van der Waals surface area contributed by atoms with Crippen LogP contribution in [0, 0.1) is 12.7 Å². The molecule has 3 aromatic heterocycles. The zero-order valence-corrected chi connectivity index (χ0v) is 20.2. The number of anilines is 4. The predicted molar refractivity (Wildman–Crippen MR) is 135 cm³/mol. The van der Waals surface area contributed by atoms with Gasteiger partial charge >= 0.3 is 0 Å². The lowest BCUT2D eigenvalue weighted by Crippen LogP contribution is -2.36. The summed E-state index contributed by atoms with van der Waals surface area (Å²) in [5, 5.41) is 5.92. The molecule has 1 aliphatic heterocycles. The molecule has 0 unspecified atom stereocenters. The fourth-order valence-corrected chi connectivity index (χ4v) is 4.31. The first-order valence-electron chi connectivity index (χ1n) is 11.4. The molecule has 36 heavy (non-hydrogen) atoms. The van der Waals surface area contributed by atoms with E-state index < -0.39 is 11.7 Å². The first-order chi connectivity index (χ1) is 17.4. The van der Waals surface area contributed by atoms with Gasteiger partial charge in [-0.1, -0.05) is 0 Å². The van der Waals surface area contributed by atoms with Crippen LogP contribution in [0.4, 0.5) is 27.4 Å². The van der Waals surface area contributed by atoms with E-state index in [1.165, 1.54) is 6.07 Å². The molecule has 0 radical (unpaired) electrons. The monoisotopic (exact) mass is 491 g/mol. The zero-order valence-electron chi connectivity index (χ0n) is 20.2. The van der Waals surface area contributed by atoms with E-state index in [2.05, 4.69) is 35.5 Å². The van der Waals surface area contributed by atoms with E-state index in [0.717, 1.165) is 16.8 Å². The number of carbonyl (C=O) groups excluding carboxylic acids is 1. The minimum Gasteiger partial charge on any atom is -0.378 e. The Bertz CT molecular complexity index is 1460. The van der Waals surface area contributed by atoms with Crippen molar-refractivity contribution in [1.82, 2.24) is 24.5 Å². The number of amides is 1. The molecule has 0 aliphatic carbocycles. The highest BCUT2D eigenvalue weighted by Gasteiger charge is 2.23. The van der Waals surface area contributed by atoms with Crippen LogP contribution in [0.2, 0.25) is 0 Å². The van der Waals surface area contributed by atoms with Gasteiger partial charge in [0.25, 0.3) is 5.91 Å². The van der Waals surface area contributed by atoms with Crippen molar-refractivity contribution in [2.45, 2.75) is 6.92 Å². The number of nitrogens with zero attached hydrogens (tertiary/aromatic N) is 6. The summed E-state index contributed by atoms with van der Waals surface area (Å²) >= 11 is 0. The van der Waals surface area contributed by atoms with Crippen molar-refractivity contribution in [1.29, 1.82) is 0 Å². The predicted octanol–water partition coefficient (Wildman–Crippen LogP) is 2.59. The molecule has 186 valence electrons. The van der Waals surface area contributed by atoms with Gasteiger partial charge in [-0.15, -0.1) is 0 Å². The van der Waals surface area contributed by atoms with Crippen LogP contribution in [-0.2, 0) is 11.8 Å². The summed E-state index contributed by atoms with van der Waals surface area (Å²) in [7, 11) is 3.53. The molecule has 1 fully saturated rings. The van der Waals surface area contributed by atoms with Gasteiger partial charge in [0.15, 0.2) is 17.3 Å². The van der Waals surface area contributed by atoms with Gasteiger partial charge in [-0.2, -0.15) is 0 Å². The first kappa shape index (κ1) is 23.4. The summed E-state index contributed by atoms with van der Waals surface area (Å²) < 4.78 is 22.4. The number of benzene rings is 1. The van der Waals surface area contributed by atoms with Crippen molar-refractivity contribution in [2.75, 3.05) is 48.9 Å². The Morgan fingerprint density at radius 2 is 1.94 bits per heavy atom. The lowest BCUT2D eigenvalue weighted by molar-refractivity contribution is 0.0996. The SMILES string of the molecule is CNc1nc(Nc2cc(C)c(N3CCOCC3)cc2F)c(C(N)=O)nc1-c1cncc2c1ncn2C. The molecule has 1 aromatic carbocycles. The molecular formula is C24H26FN9O2. The maximum atomic E-state index is 15.2. The van der Waals surface area contributed by atoms with Gasteiger partial charge in [0.1, 0.15) is 17.0 Å². The highest BCUT2D eigenvalue weighted by atomic mass is 19.1. The summed E-state index contributed by atoms with van der Waals surface area (Å²) in [6.45, 7) is 4.47. The van der Waals surface area contributed by atoms with E-state index in [9.17, 15) is 4.79 Å². The summed E-state index contributed by atoms with van der Waals surface area (Å²) in [6, 6.07) is 3.15. The number of pyridine rings is 1. The van der Waals surface area contributed by atoms with Crippen LogP contribution in [0.25, 0.3) is 22.3 Å². The fraction of sp³-hybridized carbons (Fsp3) is 0.292. The maximum Gasteiger partial charge on any atom is 0.271 e. The summed E-state index contributed by atoms with van der Waals surface area (Å²) in [4.78, 5) is 32.2. The molecule has 1 amide bonds. The molecule has 0 bridgehead atoms. The molecule has 11 nitrogen and oxygen atoms in total. The summed E-state index contributed by atoms with van der Waals surface area (Å²) in [5.74, 6) is -0.910. The van der Waals surface area contributed by atoms with E-state index in [1.54, 1.807) is 31.8 Å². The van der Waals surface area contributed by atoms with Crippen molar-refractivity contribution in [3.05, 3.63) is 47.9 Å². The van der Waals surface area contributed by atoms with Crippen molar-refractivity contribution in [3.63, 3.8) is 0 Å². The number of carbonyl (C=O) groups is 1. The first-order valence-corrected chi connectivity index (χ1v) is 11.4. The van der Waals surface area contributed by atoms with Gasteiger partial charge in [0.05, 0.1) is 42.5 Å². The minimum atomic E-state index is -0.808. The fourth-order valence-electron chi connectivity index (χ4n) is 4.31. The third-order valence-electron chi connectivity index (χ3n) is 6.15. The molecular weight excluding hydrogens is 465 g/mol. The standard InChI is InChI=1S/C24H26FN9O2/c1-13-8-16(15(25)9-17(13)34-4-6-36-7-5-34)30-24-21(22(26)35)31-20(23(27-2)32-24)14-10-28-11-18-19(14)29-12-33(18)3/h8-12H,4-7H2,1-3H3,(H2,26,35)(H2,27,30,32). The average molecular weight is 492 g/mol. The van der Waals surface area contributed by atoms with E-state index in [-0.39, 0.29) is 17.2 Å². The Balaban J connectivity index is 1.57. The number of hydrogen-bond donors (Lipinski definition) is 3. The quantitative estimate of drug-likeness (QED) is 0.372. The molecule has 5 rings (SSSR count). The number of aromatic nitrogens is 5. The Morgan fingerprint density at radius 3 is 2.67 bits per heavy atom. The number of nitrogens with two attached hydrogens (primary N) is 1. The molecule has 1 aliphatic rings. The lowest BCUT2D eigenvalue weighted by Gasteiger charge is -2.30. The minimum absolute atomic E-state index is 0.0363. The van der Waals surface area contributed by atoms with Gasteiger partial charge in [0, 0.05) is 39.1 Å². The second kappa shape index (κ2) is 9.38. The van der Waals surface area contributed by atoms with Gasteiger partial charge in [-0.05, 0) is 24.6 Å². The molecule has 4 aromatic rings. The maximum absolute atomic E-state index is 15.2. The molecule has 1 saturated heterocycles. The van der Waals surface area contributed by atoms with Crippen LogP contribution in [-0.4, -0.2) is 63.8 Å². The molecule has 0 saturated carbocycles. The number of imidazole rings is 1. The number of primary amides is 1. The number of morpholine rings is 1. The van der Waals surface area contributed by atoms with Crippen molar-refractivity contribution >= 4 is 40.0 Å². The molecule has 0 atom stereocenters. The highest BCUT2D eigenvalue weighted by molar-refractivity contribution is 5.99. The number of ether oxygens (including phenoxy) is 1. The van der Waals surface area contributed by atoms with Crippen molar-refractivity contribution < 1.29 is 13.9 Å².